The number of carbonyl (C=O) groups is 1. The molecular weight excluding hydrogens is 447 g/mol. The van der Waals surface area contributed by atoms with E-state index in [1.807, 2.05) is 4.72 Å². The van der Waals surface area contributed by atoms with Crippen LogP contribution in [0.3, 0.4) is 0 Å². The van der Waals surface area contributed by atoms with E-state index in [1.165, 1.54) is 19.9 Å². The lowest BCUT2D eigenvalue weighted by molar-refractivity contribution is -0.385. The molecular formula is C17H12F3N3O5S2. The molecule has 0 saturated heterocycles. The van der Waals surface area contributed by atoms with Gasteiger partial charge in [0.2, 0.25) is 0 Å². The summed E-state index contributed by atoms with van der Waals surface area (Å²) < 4.78 is 65.5. The van der Waals surface area contributed by atoms with Gasteiger partial charge in [-0.1, -0.05) is 0 Å². The van der Waals surface area contributed by atoms with E-state index in [0.29, 0.717) is 16.7 Å². The van der Waals surface area contributed by atoms with Crippen LogP contribution in [0, 0.1) is 24.0 Å². The van der Waals surface area contributed by atoms with Gasteiger partial charge < -0.3 is 0 Å². The zero-order chi connectivity index (χ0) is 22.4. The lowest BCUT2D eigenvalue weighted by Gasteiger charge is -2.09. The van der Waals surface area contributed by atoms with Gasteiger partial charge >= 0.3 is 6.18 Å². The van der Waals surface area contributed by atoms with Crippen LogP contribution in [0.4, 0.5) is 18.9 Å². The molecule has 0 spiro atoms. The van der Waals surface area contributed by atoms with Crippen LogP contribution >= 0.6 is 11.3 Å². The molecule has 0 atom stereocenters. The standard InChI is InChI=1S/C17H12F3N3O5S2/c1-8-7-10(23(25)26)3-5-12(8)30(27,28)22-15(24)14-9(2)11-4-6-13(17(18,19)20)21-16(11)29-14/h3-7H,1-2H3,(H,22,24). The summed E-state index contributed by atoms with van der Waals surface area (Å²) >= 11 is 0.632. The first-order chi connectivity index (χ1) is 13.8. The molecule has 30 heavy (non-hydrogen) atoms. The minimum Gasteiger partial charge on any atom is -0.267 e. The van der Waals surface area contributed by atoms with Crippen molar-refractivity contribution in [2.24, 2.45) is 0 Å². The molecule has 0 saturated carbocycles. The summed E-state index contributed by atoms with van der Waals surface area (Å²) in [7, 11) is -4.38. The fourth-order valence-electron chi connectivity index (χ4n) is 2.75. The van der Waals surface area contributed by atoms with Gasteiger partial charge in [0.25, 0.3) is 21.6 Å². The minimum atomic E-state index is -4.66. The molecule has 0 aliphatic carbocycles. The van der Waals surface area contributed by atoms with Gasteiger partial charge in [-0.25, -0.2) is 18.1 Å². The van der Waals surface area contributed by atoms with E-state index in [0.717, 1.165) is 24.3 Å². The second-order valence-corrected chi connectivity index (χ2v) is 8.89. The average molecular weight is 459 g/mol. The molecule has 13 heteroatoms. The third-order valence-electron chi connectivity index (χ3n) is 4.19. The molecule has 8 nitrogen and oxygen atoms in total. The number of pyridine rings is 1. The van der Waals surface area contributed by atoms with Gasteiger partial charge in [-0.2, -0.15) is 13.2 Å². The molecule has 1 amide bonds. The van der Waals surface area contributed by atoms with Crippen LogP contribution in [0.15, 0.2) is 35.2 Å². The SMILES string of the molecule is Cc1cc([N+](=O)[O-])ccc1S(=O)(=O)NC(=O)c1sc2nc(C(F)(F)F)ccc2c1C. The number of alkyl halides is 3. The highest BCUT2D eigenvalue weighted by molar-refractivity contribution is 7.90. The number of halogens is 3. The van der Waals surface area contributed by atoms with Crippen molar-refractivity contribution in [1.82, 2.24) is 9.71 Å². The minimum absolute atomic E-state index is 0.0500. The second kappa shape index (κ2) is 7.32. The maximum Gasteiger partial charge on any atom is 0.433 e. The van der Waals surface area contributed by atoms with Gasteiger partial charge in [0, 0.05) is 17.5 Å². The molecule has 158 valence electrons. The van der Waals surface area contributed by atoms with Gasteiger partial charge in [-0.15, -0.1) is 11.3 Å². The van der Waals surface area contributed by atoms with E-state index in [2.05, 4.69) is 4.98 Å². The maximum absolute atomic E-state index is 12.8. The molecule has 3 aromatic rings. The zero-order valence-corrected chi connectivity index (χ0v) is 16.9. The molecule has 0 radical (unpaired) electrons. The number of carbonyl (C=O) groups excluding carboxylic acids is 1. The number of nitrogens with one attached hydrogen (secondary N) is 1. The molecule has 2 heterocycles. The van der Waals surface area contributed by atoms with E-state index in [1.54, 1.807) is 0 Å². The number of fused-ring (bicyclic) bond motifs is 1. The Morgan fingerprint density at radius 1 is 1.20 bits per heavy atom. The van der Waals surface area contributed by atoms with Crippen molar-refractivity contribution in [2.75, 3.05) is 0 Å². The summed E-state index contributed by atoms with van der Waals surface area (Å²) in [5, 5.41) is 11.1. The number of rotatable bonds is 4. The van der Waals surface area contributed by atoms with E-state index >= 15 is 0 Å². The van der Waals surface area contributed by atoms with Gasteiger partial charge in [0.05, 0.1) is 14.7 Å². The molecule has 2 aromatic heterocycles. The number of aromatic nitrogens is 1. The Morgan fingerprint density at radius 2 is 1.87 bits per heavy atom. The highest BCUT2D eigenvalue weighted by Crippen LogP contribution is 2.34. The number of nitrogens with zero attached hydrogens (tertiary/aromatic N) is 2. The first kappa shape index (κ1) is 21.6. The third-order valence-corrected chi connectivity index (χ3v) is 6.88. The van der Waals surface area contributed by atoms with E-state index in [4.69, 9.17) is 0 Å². The quantitative estimate of drug-likeness (QED) is 0.466. The molecule has 3 rings (SSSR count). The van der Waals surface area contributed by atoms with Crippen molar-refractivity contribution < 1.29 is 31.3 Å². The number of thiophene rings is 1. The molecule has 0 aliphatic heterocycles. The Bertz CT molecular complexity index is 1300. The van der Waals surface area contributed by atoms with Crippen LogP contribution < -0.4 is 4.72 Å². The molecule has 0 aliphatic rings. The highest BCUT2D eigenvalue weighted by Gasteiger charge is 2.33. The lowest BCUT2D eigenvalue weighted by atomic mass is 10.2. The monoisotopic (exact) mass is 459 g/mol. The first-order valence-electron chi connectivity index (χ1n) is 8.11. The maximum atomic E-state index is 12.8. The van der Waals surface area contributed by atoms with Gasteiger partial charge in [-0.05, 0) is 43.2 Å². The Morgan fingerprint density at radius 3 is 2.43 bits per heavy atom. The van der Waals surface area contributed by atoms with Gasteiger partial charge in [-0.3, -0.25) is 14.9 Å². The van der Waals surface area contributed by atoms with Crippen LogP contribution in [-0.2, 0) is 16.2 Å². The Hall–Kier alpha value is -3.06. The van der Waals surface area contributed by atoms with Gasteiger partial charge in [0.15, 0.2) is 0 Å². The molecule has 1 N–H and O–H groups in total. The third kappa shape index (κ3) is 3.98. The van der Waals surface area contributed by atoms with E-state index in [-0.39, 0.29) is 31.4 Å². The topological polar surface area (TPSA) is 119 Å². The summed E-state index contributed by atoms with van der Waals surface area (Å²) in [6.07, 6.45) is -4.66. The van der Waals surface area contributed by atoms with Crippen molar-refractivity contribution >= 4 is 43.2 Å². The number of aryl methyl sites for hydroxylation is 2. The number of amides is 1. The molecule has 0 unspecified atom stereocenters. The van der Waals surface area contributed by atoms with Crippen molar-refractivity contribution in [2.45, 2.75) is 24.9 Å². The fourth-order valence-corrected chi connectivity index (χ4v) is 5.07. The van der Waals surface area contributed by atoms with Crippen molar-refractivity contribution in [3.8, 4) is 0 Å². The number of hydrogen-bond donors (Lipinski definition) is 1. The number of sulfonamides is 1. The van der Waals surface area contributed by atoms with E-state index in [9.17, 15) is 36.5 Å². The van der Waals surface area contributed by atoms with Crippen molar-refractivity contribution in [3.05, 3.63) is 62.1 Å². The second-order valence-electron chi connectivity index (χ2n) is 6.24. The average Bonchev–Trinajstić information content (AvgIpc) is 2.96. The summed E-state index contributed by atoms with van der Waals surface area (Å²) in [4.78, 5) is 25.7. The van der Waals surface area contributed by atoms with Gasteiger partial charge in [0.1, 0.15) is 10.5 Å². The Labute approximate surface area is 171 Å². The van der Waals surface area contributed by atoms with Crippen LogP contribution in [0.1, 0.15) is 26.5 Å². The van der Waals surface area contributed by atoms with Crippen LogP contribution in [0.2, 0.25) is 0 Å². The normalized spacial score (nSPS) is 12.2. The summed E-state index contributed by atoms with van der Waals surface area (Å²) in [5.74, 6) is -1.04. The predicted molar refractivity (Wildman–Crippen MR) is 102 cm³/mol. The summed E-state index contributed by atoms with van der Waals surface area (Å²) in [6, 6.07) is 4.98. The lowest BCUT2D eigenvalue weighted by Crippen LogP contribution is -2.30. The highest BCUT2D eigenvalue weighted by atomic mass is 32.2. The number of hydrogen-bond acceptors (Lipinski definition) is 7. The summed E-state index contributed by atoms with van der Waals surface area (Å²) in [5.41, 5.74) is -1.11. The number of non-ortho nitro benzene ring substituents is 1. The summed E-state index contributed by atoms with van der Waals surface area (Å²) in [6.45, 7) is 2.80. The van der Waals surface area contributed by atoms with Crippen molar-refractivity contribution in [1.29, 1.82) is 0 Å². The van der Waals surface area contributed by atoms with Crippen LogP contribution in [0.5, 0.6) is 0 Å². The molecule has 0 bridgehead atoms. The Balaban J connectivity index is 1.96. The Kier molecular flexibility index (Phi) is 5.28. The number of nitro groups is 1. The van der Waals surface area contributed by atoms with E-state index < -0.39 is 32.7 Å². The number of nitro benzene ring substituents is 1. The fraction of sp³-hybridized carbons (Fsp3) is 0.176. The largest absolute Gasteiger partial charge is 0.433 e. The van der Waals surface area contributed by atoms with Crippen LogP contribution in [-0.4, -0.2) is 24.2 Å². The molecule has 0 fully saturated rings. The smallest absolute Gasteiger partial charge is 0.267 e. The van der Waals surface area contributed by atoms with Crippen LogP contribution in [0.25, 0.3) is 10.2 Å². The molecule has 1 aromatic carbocycles. The number of benzene rings is 1. The predicted octanol–water partition coefficient (Wildman–Crippen LogP) is 3.96. The first-order valence-corrected chi connectivity index (χ1v) is 10.4. The van der Waals surface area contributed by atoms with Crippen molar-refractivity contribution in [3.63, 3.8) is 0 Å². The zero-order valence-electron chi connectivity index (χ0n) is 15.3.